The molecule has 3 N–H and O–H groups in total. The molecule has 3 amide bonds. The van der Waals surface area contributed by atoms with Crippen molar-refractivity contribution in [3.8, 4) is 0 Å². The number of amides is 3. The van der Waals surface area contributed by atoms with Crippen molar-refractivity contribution in [1.82, 2.24) is 25.4 Å². The van der Waals surface area contributed by atoms with Crippen LogP contribution in [0.15, 0.2) is 53.9 Å². The van der Waals surface area contributed by atoms with Gasteiger partial charge in [-0.15, -0.1) is 11.3 Å². The molecule has 0 radical (unpaired) electrons. The number of hydrogen-bond donors (Lipinski definition) is 3. The van der Waals surface area contributed by atoms with E-state index >= 15 is 0 Å². The minimum atomic E-state index is -1.13. The van der Waals surface area contributed by atoms with Crippen LogP contribution < -0.4 is 10.6 Å². The first-order valence-electron chi connectivity index (χ1n) is 19.9. The minimum absolute atomic E-state index is 0.0110. The van der Waals surface area contributed by atoms with Crippen LogP contribution in [0.25, 0.3) is 0 Å². The number of halogens is 1. The lowest BCUT2D eigenvalue weighted by Gasteiger charge is -2.40. The largest absolute Gasteiger partial charge is 0.481 e. The summed E-state index contributed by atoms with van der Waals surface area (Å²) in [6.07, 6.45) is 2.63. The van der Waals surface area contributed by atoms with Crippen LogP contribution >= 0.6 is 11.3 Å². The number of carbonyl (C=O) groups is 5. The molecule has 1 aliphatic rings. The number of hydrogen-bond acceptors (Lipinski definition) is 9. The first-order valence-corrected chi connectivity index (χ1v) is 20.7. The number of ether oxygens (including phenoxy) is 1. The molecule has 0 bridgehead atoms. The van der Waals surface area contributed by atoms with E-state index in [4.69, 9.17) is 4.74 Å². The zero-order chi connectivity index (χ0) is 41.8. The number of aromatic nitrogens is 1. The van der Waals surface area contributed by atoms with Crippen LogP contribution in [0.3, 0.4) is 0 Å². The number of likely N-dealkylation sites (tertiary alicyclic amines) is 1. The molecule has 0 aliphatic carbocycles. The quantitative estimate of drug-likeness (QED) is 0.113. The SMILES string of the molecule is CCC(C)C(NC(=O)C1CCCCN1C)C(=O)N(Cc1ccccc1)[C@H](C[C@@H](OC(C)=O)c1nc(C(=O)NCC[C@@H](C(=O)O)c2cc(F)ccc2C)cs1)C(C)C. The predicted molar refractivity (Wildman–Crippen MR) is 217 cm³/mol. The molecule has 1 aromatic heterocycles. The summed E-state index contributed by atoms with van der Waals surface area (Å²) >= 11 is 1.14. The van der Waals surface area contributed by atoms with Gasteiger partial charge in [0.1, 0.15) is 22.6 Å². The molecule has 0 saturated carbocycles. The number of esters is 1. The zero-order valence-electron chi connectivity index (χ0n) is 34.1. The lowest BCUT2D eigenvalue weighted by molar-refractivity contribution is -0.150. The summed E-state index contributed by atoms with van der Waals surface area (Å²) in [5.41, 5.74) is 1.93. The molecule has 0 spiro atoms. The Hall–Kier alpha value is -4.69. The van der Waals surface area contributed by atoms with Crippen molar-refractivity contribution >= 4 is 41.0 Å². The zero-order valence-corrected chi connectivity index (χ0v) is 34.9. The molecule has 6 atom stereocenters. The lowest BCUT2D eigenvalue weighted by Crippen LogP contribution is -2.58. The Balaban J connectivity index is 1.59. The van der Waals surface area contributed by atoms with Gasteiger partial charge in [0.05, 0.1) is 12.0 Å². The van der Waals surface area contributed by atoms with Gasteiger partial charge in [-0.05, 0) is 80.4 Å². The Bertz CT molecular complexity index is 1840. The van der Waals surface area contributed by atoms with E-state index in [0.29, 0.717) is 22.6 Å². The van der Waals surface area contributed by atoms with Crippen LogP contribution in [0.2, 0.25) is 0 Å². The number of nitrogens with zero attached hydrogens (tertiary/aromatic N) is 3. The van der Waals surface area contributed by atoms with Gasteiger partial charge in [-0.25, -0.2) is 9.37 Å². The van der Waals surface area contributed by atoms with Crippen LogP contribution in [0, 0.1) is 24.6 Å². The first kappa shape index (κ1) is 45.0. The van der Waals surface area contributed by atoms with Gasteiger partial charge in [-0.1, -0.05) is 76.9 Å². The molecular formula is C43H58FN5O7S. The lowest BCUT2D eigenvalue weighted by atomic mass is 9.91. The smallest absolute Gasteiger partial charge is 0.311 e. The number of thiazole rings is 1. The number of aliphatic carboxylic acids is 1. The van der Waals surface area contributed by atoms with Crippen molar-refractivity contribution in [2.24, 2.45) is 11.8 Å². The molecule has 1 aliphatic heterocycles. The van der Waals surface area contributed by atoms with Crippen LogP contribution in [-0.4, -0.2) is 87.8 Å². The van der Waals surface area contributed by atoms with E-state index in [-0.39, 0.29) is 61.3 Å². The maximum atomic E-state index is 14.9. The average Bonchev–Trinajstić information content (AvgIpc) is 3.68. The molecule has 4 rings (SSSR count). The number of piperidine rings is 1. The van der Waals surface area contributed by atoms with E-state index in [2.05, 4.69) is 15.6 Å². The topological polar surface area (TPSA) is 158 Å². The van der Waals surface area contributed by atoms with Crippen LogP contribution in [0.1, 0.15) is 117 Å². The summed E-state index contributed by atoms with van der Waals surface area (Å²) < 4.78 is 19.8. The summed E-state index contributed by atoms with van der Waals surface area (Å²) in [7, 11) is 1.94. The Morgan fingerprint density at radius 2 is 1.81 bits per heavy atom. The Morgan fingerprint density at radius 3 is 2.44 bits per heavy atom. The monoisotopic (exact) mass is 807 g/mol. The molecule has 1 fully saturated rings. The van der Waals surface area contributed by atoms with Crippen LogP contribution in [0.5, 0.6) is 0 Å². The Labute approximate surface area is 339 Å². The fourth-order valence-corrected chi connectivity index (χ4v) is 8.23. The molecule has 310 valence electrons. The average molecular weight is 808 g/mol. The van der Waals surface area contributed by atoms with Gasteiger partial charge in [-0.2, -0.15) is 0 Å². The first-order chi connectivity index (χ1) is 27.1. The maximum absolute atomic E-state index is 14.9. The minimum Gasteiger partial charge on any atom is -0.481 e. The fourth-order valence-electron chi connectivity index (χ4n) is 7.39. The highest BCUT2D eigenvalue weighted by Gasteiger charge is 2.39. The molecule has 14 heteroatoms. The van der Waals surface area contributed by atoms with Gasteiger partial charge >= 0.3 is 11.9 Å². The van der Waals surface area contributed by atoms with E-state index in [1.807, 2.05) is 70.0 Å². The summed E-state index contributed by atoms with van der Waals surface area (Å²) in [4.78, 5) is 74.9. The number of benzene rings is 2. The molecule has 3 unspecified atom stereocenters. The third-order valence-electron chi connectivity index (χ3n) is 10.9. The van der Waals surface area contributed by atoms with Gasteiger partial charge in [-0.3, -0.25) is 28.9 Å². The van der Waals surface area contributed by atoms with Crippen molar-refractivity contribution in [1.29, 1.82) is 0 Å². The second-order valence-corrected chi connectivity index (χ2v) is 16.4. The summed E-state index contributed by atoms with van der Waals surface area (Å²) in [5, 5.41) is 17.6. The highest BCUT2D eigenvalue weighted by atomic mass is 32.1. The maximum Gasteiger partial charge on any atom is 0.311 e. The van der Waals surface area contributed by atoms with Crippen molar-refractivity contribution in [2.75, 3.05) is 20.1 Å². The summed E-state index contributed by atoms with van der Waals surface area (Å²) in [6, 6.07) is 12.0. The van der Waals surface area contributed by atoms with Crippen molar-refractivity contribution in [3.05, 3.63) is 87.1 Å². The van der Waals surface area contributed by atoms with Crippen molar-refractivity contribution in [2.45, 2.75) is 117 Å². The molecule has 1 saturated heterocycles. The molecule has 2 aromatic carbocycles. The van der Waals surface area contributed by atoms with Crippen molar-refractivity contribution < 1.29 is 38.2 Å². The van der Waals surface area contributed by atoms with Gasteiger partial charge in [0.25, 0.3) is 5.91 Å². The van der Waals surface area contributed by atoms with Crippen LogP contribution in [0.4, 0.5) is 4.39 Å². The van der Waals surface area contributed by atoms with Crippen LogP contribution in [-0.2, 0) is 30.5 Å². The summed E-state index contributed by atoms with van der Waals surface area (Å²) in [6.45, 7) is 12.0. The predicted octanol–water partition coefficient (Wildman–Crippen LogP) is 6.64. The second-order valence-electron chi connectivity index (χ2n) is 15.5. The number of carbonyl (C=O) groups excluding carboxylic acids is 4. The van der Waals surface area contributed by atoms with Gasteiger partial charge in [0.2, 0.25) is 11.8 Å². The Morgan fingerprint density at radius 1 is 1.09 bits per heavy atom. The van der Waals surface area contributed by atoms with E-state index < -0.39 is 47.8 Å². The van der Waals surface area contributed by atoms with E-state index in [0.717, 1.165) is 42.7 Å². The highest BCUT2D eigenvalue weighted by molar-refractivity contribution is 7.09. The molecule has 3 aromatic rings. The number of likely N-dealkylation sites (N-methyl/N-ethyl adjacent to an activating group) is 1. The standard InChI is InChI=1S/C43H58FN5O7S/c1-8-27(4)38(47-40(52)35-16-12-13-21-48(35)7)42(53)49(24-30-14-10-9-11-15-30)36(26(2)3)23-37(56-29(6)50)41-46-34(25-57-41)39(51)45-20-19-32(43(54)55)33-22-31(44)18-17-28(33)5/h9-11,14-15,17-18,22,25-27,32,35-38H,8,12-13,16,19-21,23-24H2,1-7H3,(H,45,51)(H,47,52)(H,54,55)/t27?,32-,35?,36-,37-,38?/m1/s1. The van der Waals surface area contributed by atoms with Gasteiger partial charge < -0.3 is 25.4 Å². The van der Waals surface area contributed by atoms with E-state index in [1.54, 1.807) is 17.2 Å². The number of nitrogens with one attached hydrogen (secondary N) is 2. The highest BCUT2D eigenvalue weighted by Crippen LogP contribution is 2.33. The summed E-state index contributed by atoms with van der Waals surface area (Å²) in [5.74, 6) is -4.49. The Kier molecular flexibility index (Phi) is 16.7. The van der Waals surface area contributed by atoms with E-state index in [1.165, 1.54) is 25.1 Å². The molecular weight excluding hydrogens is 750 g/mol. The normalized spacial score (nSPS) is 17.2. The van der Waals surface area contributed by atoms with E-state index in [9.17, 15) is 33.5 Å². The fraction of sp³-hybridized carbons (Fsp3) is 0.535. The third-order valence-corrected chi connectivity index (χ3v) is 11.9. The number of carboxylic acid groups (broad SMARTS) is 1. The van der Waals surface area contributed by atoms with Gasteiger partial charge in [0.15, 0.2) is 6.10 Å². The number of carboxylic acids is 1. The molecule has 57 heavy (non-hydrogen) atoms. The van der Waals surface area contributed by atoms with Crippen molar-refractivity contribution in [3.63, 3.8) is 0 Å². The molecule has 12 nitrogen and oxygen atoms in total. The molecule has 2 heterocycles. The number of aryl methyl sites for hydroxylation is 1. The van der Waals surface area contributed by atoms with Gasteiger partial charge in [0, 0.05) is 37.9 Å². The second kappa shape index (κ2) is 21.2. The third kappa shape index (κ3) is 12.4. The number of rotatable bonds is 19.